The maximum atomic E-state index is 9.93. The molecule has 0 aromatic heterocycles. The van der Waals surface area contributed by atoms with Crippen LogP contribution in [0.1, 0.15) is 17.2 Å². The van der Waals surface area contributed by atoms with Crippen LogP contribution < -0.4 is 0 Å². The first-order valence-corrected chi connectivity index (χ1v) is 6.12. The van der Waals surface area contributed by atoms with E-state index in [9.17, 15) is 5.11 Å². The first-order valence-electron chi connectivity index (χ1n) is 5.36. The zero-order chi connectivity index (χ0) is 13.0. The summed E-state index contributed by atoms with van der Waals surface area (Å²) in [5.41, 5.74) is 1.41. The van der Waals surface area contributed by atoms with Gasteiger partial charge < -0.3 is 5.11 Å². The lowest BCUT2D eigenvalue weighted by Crippen LogP contribution is -1.94. The lowest BCUT2D eigenvalue weighted by atomic mass is 10.1. The van der Waals surface area contributed by atoms with Crippen molar-refractivity contribution in [2.24, 2.45) is 0 Å². The molecule has 1 nitrogen and oxygen atoms in total. The van der Waals surface area contributed by atoms with E-state index in [0.717, 1.165) is 5.56 Å². The zero-order valence-electron chi connectivity index (χ0n) is 9.40. The van der Waals surface area contributed by atoms with Crippen molar-refractivity contribution in [1.82, 2.24) is 0 Å². The summed E-state index contributed by atoms with van der Waals surface area (Å²) in [5, 5.41) is 11.1. The van der Waals surface area contributed by atoms with Crippen molar-refractivity contribution in [2.45, 2.75) is 6.10 Å². The molecule has 1 unspecified atom stereocenters. The van der Waals surface area contributed by atoms with Gasteiger partial charge in [0, 0.05) is 21.2 Å². The average molecular weight is 277 g/mol. The summed E-state index contributed by atoms with van der Waals surface area (Å²) >= 11 is 11.8. The first-order chi connectivity index (χ1) is 8.66. The fourth-order valence-corrected chi connectivity index (χ4v) is 1.82. The highest BCUT2D eigenvalue weighted by atomic mass is 35.5. The van der Waals surface area contributed by atoms with E-state index < -0.39 is 6.10 Å². The maximum Gasteiger partial charge on any atom is 0.142 e. The lowest BCUT2D eigenvalue weighted by Gasteiger charge is -2.05. The Hall–Kier alpha value is -1.46. The largest absolute Gasteiger partial charge is 0.376 e. The maximum absolute atomic E-state index is 9.93. The minimum atomic E-state index is -0.894. The summed E-state index contributed by atoms with van der Waals surface area (Å²) in [4.78, 5) is 0. The topological polar surface area (TPSA) is 20.2 Å². The molecule has 1 N–H and O–H groups in total. The monoisotopic (exact) mass is 276 g/mol. The molecule has 1 atom stereocenters. The number of halogens is 2. The van der Waals surface area contributed by atoms with Crippen molar-refractivity contribution < 1.29 is 5.11 Å². The fraction of sp³-hybridized carbons (Fsp3) is 0.0667. The molecule has 3 heteroatoms. The smallest absolute Gasteiger partial charge is 0.142 e. The van der Waals surface area contributed by atoms with E-state index >= 15 is 0 Å². The second-order valence-corrected chi connectivity index (χ2v) is 4.54. The molecular formula is C15H10Cl2O. The SMILES string of the molecule is OC(C#Cc1ccc(Cl)cc1)c1ccccc1Cl. The van der Waals surface area contributed by atoms with Crippen molar-refractivity contribution in [3.8, 4) is 11.8 Å². The van der Waals surface area contributed by atoms with Gasteiger partial charge in [0.2, 0.25) is 0 Å². The predicted molar refractivity (Wildman–Crippen MR) is 74.7 cm³/mol. The van der Waals surface area contributed by atoms with Gasteiger partial charge in [-0.3, -0.25) is 0 Å². The van der Waals surface area contributed by atoms with Gasteiger partial charge in [-0.25, -0.2) is 0 Å². The molecule has 0 radical (unpaired) electrons. The molecule has 2 aromatic rings. The van der Waals surface area contributed by atoms with E-state index in [2.05, 4.69) is 11.8 Å². The van der Waals surface area contributed by atoms with Crippen molar-refractivity contribution >= 4 is 23.2 Å². The van der Waals surface area contributed by atoms with E-state index in [0.29, 0.717) is 15.6 Å². The molecular weight excluding hydrogens is 267 g/mol. The molecule has 0 heterocycles. The molecule has 0 aliphatic carbocycles. The third-order valence-corrected chi connectivity index (χ3v) is 2.99. The molecule has 0 amide bonds. The molecule has 18 heavy (non-hydrogen) atoms. The predicted octanol–water partition coefficient (Wildman–Crippen LogP) is 4.08. The van der Waals surface area contributed by atoms with Crippen LogP contribution >= 0.6 is 23.2 Å². The third kappa shape index (κ3) is 3.27. The minimum absolute atomic E-state index is 0.510. The van der Waals surface area contributed by atoms with Crippen LogP contribution in [0.5, 0.6) is 0 Å². The number of rotatable bonds is 1. The Morgan fingerprint density at radius 1 is 0.944 bits per heavy atom. The zero-order valence-corrected chi connectivity index (χ0v) is 10.9. The van der Waals surface area contributed by atoms with Crippen LogP contribution in [0.3, 0.4) is 0 Å². The summed E-state index contributed by atoms with van der Waals surface area (Å²) in [5.74, 6) is 5.63. The molecule has 90 valence electrons. The Bertz CT molecular complexity index is 594. The van der Waals surface area contributed by atoms with E-state index in [-0.39, 0.29) is 0 Å². The average Bonchev–Trinajstić information content (AvgIpc) is 2.38. The van der Waals surface area contributed by atoms with Crippen LogP contribution in [0.4, 0.5) is 0 Å². The highest BCUT2D eigenvalue weighted by Gasteiger charge is 2.06. The van der Waals surface area contributed by atoms with Crippen molar-refractivity contribution in [1.29, 1.82) is 0 Å². The van der Waals surface area contributed by atoms with Gasteiger partial charge in [0.25, 0.3) is 0 Å². The van der Waals surface area contributed by atoms with Gasteiger partial charge >= 0.3 is 0 Å². The molecule has 0 saturated carbocycles. The van der Waals surface area contributed by atoms with Gasteiger partial charge in [0.1, 0.15) is 6.10 Å². The lowest BCUT2D eigenvalue weighted by molar-refractivity contribution is 0.238. The van der Waals surface area contributed by atoms with Gasteiger partial charge in [-0.2, -0.15) is 0 Å². The quantitative estimate of drug-likeness (QED) is 0.779. The second kappa shape index (κ2) is 5.93. The minimum Gasteiger partial charge on any atom is -0.376 e. The van der Waals surface area contributed by atoms with Gasteiger partial charge in [-0.1, -0.05) is 53.2 Å². The van der Waals surface area contributed by atoms with Crippen LogP contribution in [-0.2, 0) is 0 Å². The van der Waals surface area contributed by atoms with Crippen molar-refractivity contribution in [3.05, 3.63) is 69.7 Å². The summed E-state index contributed by atoms with van der Waals surface area (Å²) in [6.07, 6.45) is -0.894. The highest BCUT2D eigenvalue weighted by molar-refractivity contribution is 6.31. The van der Waals surface area contributed by atoms with Crippen LogP contribution in [0.15, 0.2) is 48.5 Å². The Kier molecular flexibility index (Phi) is 4.28. The van der Waals surface area contributed by atoms with E-state index in [1.165, 1.54) is 0 Å². The fourth-order valence-electron chi connectivity index (χ4n) is 1.46. The Morgan fingerprint density at radius 3 is 2.28 bits per heavy atom. The molecule has 2 rings (SSSR count). The summed E-state index contributed by atoms with van der Waals surface area (Å²) in [6, 6.07) is 14.2. The summed E-state index contributed by atoms with van der Waals surface area (Å²) < 4.78 is 0. The summed E-state index contributed by atoms with van der Waals surface area (Å²) in [7, 11) is 0. The van der Waals surface area contributed by atoms with E-state index in [1.807, 2.05) is 12.1 Å². The Morgan fingerprint density at radius 2 is 1.61 bits per heavy atom. The van der Waals surface area contributed by atoms with Crippen LogP contribution in [0.2, 0.25) is 10.0 Å². The summed E-state index contributed by atoms with van der Waals surface area (Å²) in [6.45, 7) is 0. The normalized spacial score (nSPS) is 11.5. The Labute approximate surface area is 116 Å². The van der Waals surface area contributed by atoms with E-state index in [4.69, 9.17) is 23.2 Å². The highest BCUT2D eigenvalue weighted by Crippen LogP contribution is 2.21. The van der Waals surface area contributed by atoms with Gasteiger partial charge in [0.15, 0.2) is 0 Å². The van der Waals surface area contributed by atoms with Crippen molar-refractivity contribution in [2.75, 3.05) is 0 Å². The third-order valence-electron chi connectivity index (χ3n) is 2.40. The Balaban J connectivity index is 2.20. The van der Waals surface area contributed by atoms with Gasteiger partial charge in [-0.15, -0.1) is 0 Å². The van der Waals surface area contributed by atoms with Gasteiger partial charge in [-0.05, 0) is 30.3 Å². The molecule has 0 aliphatic rings. The first kappa shape index (κ1) is 13.0. The molecule has 0 bridgehead atoms. The van der Waals surface area contributed by atoms with Crippen LogP contribution in [0, 0.1) is 11.8 Å². The molecule has 0 saturated heterocycles. The standard InChI is InChI=1S/C15H10Cl2O/c16-12-8-5-11(6-9-12)7-10-15(18)13-3-1-2-4-14(13)17/h1-6,8-9,15,18H. The second-order valence-electron chi connectivity index (χ2n) is 3.70. The van der Waals surface area contributed by atoms with Crippen molar-refractivity contribution in [3.63, 3.8) is 0 Å². The number of hydrogen-bond acceptors (Lipinski definition) is 1. The number of aliphatic hydroxyl groups is 1. The molecule has 0 fully saturated rings. The number of benzene rings is 2. The number of hydrogen-bond donors (Lipinski definition) is 1. The van der Waals surface area contributed by atoms with E-state index in [1.54, 1.807) is 36.4 Å². The van der Waals surface area contributed by atoms with Crippen LogP contribution in [-0.4, -0.2) is 5.11 Å². The van der Waals surface area contributed by atoms with Crippen LogP contribution in [0.25, 0.3) is 0 Å². The molecule has 0 aliphatic heterocycles. The number of aliphatic hydroxyl groups excluding tert-OH is 1. The van der Waals surface area contributed by atoms with Gasteiger partial charge in [0.05, 0.1) is 0 Å². The molecule has 2 aromatic carbocycles. The molecule has 0 spiro atoms.